The van der Waals surface area contributed by atoms with E-state index in [9.17, 15) is 0 Å². The Morgan fingerprint density at radius 2 is 2.15 bits per heavy atom. The maximum Gasteiger partial charge on any atom is 0.0353 e. The van der Waals surface area contributed by atoms with Gasteiger partial charge < -0.3 is 10.6 Å². The summed E-state index contributed by atoms with van der Waals surface area (Å²) in [6, 6.07) is 1.73. The van der Waals surface area contributed by atoms with Crippen LogP contribution in [-0.2, 0) is 0 Å². The fourth-order valence-corrected chi connectivity index (χ4v) is 2.48. The largest absolute Gasteiger partial charge is 0.330 e. The molecule has 0 bridgehead atoms. The van der Waals surface area contributed by atoms with Gasteiger partial charge in [-0.15, -0.1) is 0 Å². The predicted octanol–water partition coefficient (Wildman–Crippen LogP) is 0.114. The van der Waals surface area contributed by atoms with Crippen LogP contribution in [0.15, 0.2) is 0 Å². The number of nitrogens with two attached hydrogens (primary N) is 1. The van der Waals surface area contributed by atoms with E-state index in [4.69, 9.17) is 5.73 Å². The van der Waals surface area contributed by atoms with E-state index in [2.05, 4.69) is 16.8 Å². The molecule has 1 unspecified atom stereocenters. The second-order valence-electron chi connectivity index (χ2n) is 4.49. The van der Waals surface area contributed by atoms with Crippen molar-refractivity contribution in [2.24, 2.45) is 5.73 Å². The molecule has 0 aromatic rings. The van der Waals surface area contributed by atoms with E-state index in [0.29, 0.717) is 0 Å². The Morgan fingerprint density at radius 3 is 2.62 bits per heavy atom. The Balaban J connectivity index is 1.69. The lowest BCUT2D eigenvalue weighted by Gasteiger charge is -2.52. The van der Waals surface area contributed by atoms with Crippen LogP contribution in [0.2, 0.25) is 0 Å². The van der Waals surface area contributed by atoms with Crippen molar-refractivity contribution in [1.29, 1.82) is 0 Å². The van der Waals surface area contributed by atoms with Crippen molar-refractivity contribution in [3.05, 3.63) is 0 Å². The molecule has 2 rings (SSSR count). The first kappa shape index (κ1) is 9.44. The van der Waals surface area contributed by atoms with Crippen LogP contribution in [0.4, 0.5) is 0 Å². The first-order chi connectivity index (χ1) is 6.31. The second-order valence-corrected chi connectivity index (χ2v) is 4.49. The highest BCUT2D eigenvalue weighted by Gasteiger charge is 2.38. The van der Waals surface area contributed by atoms with Crippen molar-refractivity contribution in [3.8, 4) is 0 Å². The highest BCUT2D eigenvalue weighted by atomic mass is 15.3. The zero-order valence-corrected chi connectivity index (χ0v) is 8.58. The van der Waals surface area contributed by atoms with Gasteiger partial charge in [0.05, 0.1) is 0 Å². The number of rotatable bonds is 4. The molecule has 2 heterocycles. The number of nitrogens with zero attached hydrogens (tertiary/aromatic N) is 2. The fourth-order valence-electron chi connectivity index (χ4n) is 2.48. The molecule has 3 heteroatoms. The first-order valence-corrected chi connectivity index (χ1v) is 5.45. The van der Waals surface area contributed by atoms with Crippen LogP contribution >= 0.6 is 0 Å². The smallest absolute Gasteiger partial charge is 0.0353 e. The zero-order chi connectivity index (χ0) is 9.26. The lowest BCUT2D eigenvalue weighted by atomic mass is 9.92. The van der Waals surface area contributed by atoms with Crippen molar-refractivity contribution in [2.75, 3.05) is 33.2 Å². The SMILES string of the molecule is CN1CC(N2CCC2CCCN)C1. The quantitative estimate of drug-likeness (QED) is 0.671. The van der Waals surface area contributed by atoms with Crippen molar-refractivity contribution >= 4 is 0 Å². The van der Waals surface area contributed by atoms with E-state index < -0.39 is 0 Å². The molecule has 2 fully saturated rings. The molecule has 2 aliphatic rings. The van der Waals surface area contributed by atoms with Crippen LogP contribution in [0.25, 0.3) is 0 Å². The van der Waals surface area contributed by atoms with Gasteiger partial charge in [-0.05, 0) is 32.9 Å². The molecule has 0 amide bonds. The predicted molar refractivity (Wildman–Crippen MR) is 54.7 cm³/mol. The topological polar surface area (TPSA) is 32.5 Å². The number of hydrogen-bond donors (Lipinski definition) is 1. The van der Waals surface area contributed by atoms with E-state index in [1.807, 2.05) is 0 Å². The third kappa shape index (κ3) is 1.87. The summed E-state index contributed by atoms with van der Waals surface area (Å²) in [5.74, 6) is 0. The molecule has 2 saturated heterocycles. The van der Waals surface area contributed by atoms with Gasteiger partial charge in [-0.3, -0.25) is 4.90 Å². The Bertz CT molecular complexity index is 166. The molecule has 3 nitrogen and oxygen atoms in total. The lowest BCUT2D eigenvalue weighted by molar-refractivity contribution is -0.0336. The summed E-state index contributed by atoms with van der Waals surface area (Å²) in [4.78, 5) is 5.07. The van der Waals surface area contributed by atoms with Gasteiger partial charge in [-0.25, -0.2) is 0 Å². The summed E-state index contributed by atoms with van der Waals surface area (Å²) >= 11 is 0. The minimum absolute atomic E-state index is 0.856. The van der Waals surface area contributed by atoms with E-state index in [0.717, 1.165) is 18.6 Å². The Kier molecular flexibility index (Phi) is 2.86. The van der Waals surface area contributed by atoms with Crippen molar-refractivity contribution in [3.63, 3.8) is 0 Å². The van der Waals surface area contributed by atoms with Crippen molar-refractivity contribution in [1.82, 2.24) is 9.80 Å². The summed E-state index contributed by atoms with van der Waals surface area (Å²) in [5, 5.41) is 0. The Hall–Kier alpha value is -0.120. The van der Waals surface area contributed by atoms with Gasteiger partial charge in [0.1, 0.15) is 0 Å². The molecule has 0 aromatic carbocycles. The van der Waals surface area contributed by atoms with Gasteiger partial charge in [0, 0.05) is 31.7 Å². The molecule has 0 aromatic heterocycles. The summed E-state index contributed by atoms with van der Waals surface area (Å²) < 4.78 is 0. The number of likely N-dealkylation sites (tertiary alicyclic amines) is 2. The summed E-state index contributed by atoms with van der Waals surface area (Å²) in [6.07, 6.45) is 3.92. The molecular weight excluding hydrogens is 162 g/mol. The molecule has 2 aliphatic heterocycles. The van der Waals surface area contributed by atoms with E-state index in [-0.39, 0.29) is 0 Å². The van der Waals surface area contributed by atoms with Crippen molar-refractivity contribution < 1.29 is 0 Å². The molecule has 0 radical (unpaired) electrons. The number of likely N-dealkylation sites (N-methyl/N-ethyl adjacent to an activating group) is 1. The normalized spacial score (nSPS) is 31.4. The maximum atomic E-state index is 5.52. The highest BCUT2D eigenvalue weighted by molar-refractivity contribution is 4.94. The van der Waals surface area contributed by atoms with Crippen LogP contribution in [-0.4, -0.2) is 55.1 Å². The van der Waals surface area contributed by atoms with E-state index >= 15 is 0 Å². The van der Waals surface area contributed by atoms with Crippen molar-refractivity contribution in [2.45, 2.75) is 31.3 Å². The molecule has 0 spiro atoms. The second kappa shape index (κ2) is 3.95. The van der Waals surface area contributed by atoms with Gasteiger partial charge in [0.2, 0.25) is 0 Å². The molecule has 0 saturated carbocycles. The monoisotopic (exact) mass is 183 g/mol. The van der Waals surface area contributed by atoms with Crippen LogP contribution in [0.3, 0.4) is 0 Å². The first-order valence-electron chi connectivity index (χ1n) is 5.45. The maximum absolute atomic E-state index is 5.52. The Morgan fingerprint density at radius 1 is 1.38 bits per heavy atom. The molecular formula is C10H21N3. The summed E-state index contributed by atoms with van der Waals surface area (Å²) in [7, 11) is 2.20. The van der Waals surface area contributed by atoms with Gasteiger partial charge in [-0.1, -0.05) is 0 Å². The van der Waals surface area contributed by atoms with Gasteiger partial charge >= 0.3 is 0 Å². The van der Waals surface area contributed by atoms with Gasteiger partial charge in [0.25, 0.3) is 0 Å². The molecule has 76 valence electrons. The summed E-state index contributed by atoms with van der Waals surface area (Å²) in [6.45, 7) is 4.74. The Labute approximate surface area is 80.9 Å². The lowest BCUT2D eigenvalue weighted by Crippen LogP contribution is -2.64. The zero-order valence-electron chi connectivity index (χ0n) is 8.58. The van der Waals surface area contributed by atoms with E-state index in [1.54, 1.807) is 0 Å². The van der Waals surface area contributed by atoms with Crippen LogP contribution in [0.1, 0.15) is 19.3 Å². The molecule has 13 heavy (non-hydrogen) atoms. The van der Waals surface area contributed by atoms with Gasteiger partial charge in [-0.2, -0.15) is 0 Å². The van der Waals surface area contributed by atoms with Crippen LogP contribution < -0.4 is 5.73 Å². The standard InChI is InChI=1S/C10H21N3/c1-12-7-10(8-12)13-6-4-9(13)3-2-5-11/h9-10H,2-8,11H2,1H3. The van der Waals surface area contributed by atoms with Crippen LogP contribution in [0.5, 0.6) is 0 Å². The fraction of sp³-hybridized carbons (Fsp3) is 1.00. The molecule has 1 atom stereocenters. The third-order valence-electron chi connectivity index (χ3n) is 3.44. The summed E-state index contributed by atoms with van der Waals surface area (Å²) in [5.41, 5.74) is 5.52. The minimum atomic E-state index is 0.856. The highest BCUT2D eigenvalue weighted by Crippen LogP contribution is 2.27. The average Bonchev–Trinajstić information content (AvgIpc) is 2.00. The van der Waals surface area contributed by atoms with Gasteiger partial charge in [0.15, 0.2) is 0 Å². The molecule has 0 aliphatic carbocycles. The van der Waals surface area contributed by atoms with E-state index in [1.165, 1.54) is 38.9 Å². The van der Waals surface area contributed by atoms with Crippen LogP contribution in [0, 0.1) is 0 Å². The average molecular weight is 183 g/mol. The minimum Gasteiger partial charge on any atom is -0.330 e. The third-order valence-corrected chi connectivity index (χ3v) is 3.44. The number of hydrogen-bond acceptors (Lipinski definition) is 3. The molecule has 2 N–H and O–H groups in total.